The summed E-state index contributed by atoms with van der Waals surface area (Å²) in [5, 5.41) is 2.19. The average Bonchev–Trinajstić information content (AvgIpc) is 2.66. The van der Waals surface area contributed by atoms with Crippen molar-refractivity contribution in [1.29, 1.82) is 0 Å². The Hall–Kier alpha value is -2.65. The van der Waals surface area contributed by atoms with Gasteiger partial charge >= 0.3 is 6.03 Å². The maximum absolute atomic E-state index is 12.9. The minimum absolute atomic E-state index is 0.179. The molecule has 2 aromatic carbocycles. The van der Waals surface area contributed by atoms with Gasteiger partial charge in [0, 0.05) is 4.47 Å². The van der Waals surface area contributed by atoms with E-state index in [4.69, 9.17) is 9.47 Å². The number of imide groups is 2. The van der Waals surface area contributed by atoms with E-state index in [0.717, 1.165) is 9.37 Å². The lowest BCUT2D eigenvalue weighted by atomic mass is 10.1. The molecule has 0 saturated carbocycles. The molecular formula is C19H14Br2N2O5. The first-order chi connectivity index (χ1) is 13.3. The number of ether oxygens (including phenoxy) is 2. The summed E-state index contributed by atoms with van der Waals surface area (Å²) in [6.07, 6.45) is 1.39. The summed E-state index contributed by atoms with van der Waals surface area (Å²) >= 11 is 6.67. The molecule has 144 valence electrons. The first-order valence-corrected chi connectivity index (χ1v) is 9.53. The number of hydrogen-bond donors (Lipinski definition) is 1. The summed E-state index contributed by atoms with van der Waals surface area (Å²) in [6.45, 7) is 0. The van der Waals surface area contributed by atoms with Crippen molar-refractivity contribution in [2.75, 3.05) is 19.1 Å². The van der Waals surface area contributed by atoms with Crippen LogP contribution in [0, 0.1) is 0 Å². The maximum atomic E-state index is 12.9. The van der Waals surface area contributed by atoms with E-state index in [2.05, 4.69) is 37.2 Å². The molecule has 9 heteroatoms. The normalized spacial score (nSPS) is 15.6. The standard InChI is InChI=1S/C19H14Br2N2O5/c1-27-15-9-10(8-14(21)16(15)28-2)7-13-17(24)22-19(26)23(18(13)25)12-5-3-11(20)4-6-12/h3-9H,1-2H3,(H,22,24,26)/b13-7-. The second-order valence-electron chi connectivity index (χ2n) is 5.67. The van der Waals surface area contributed by atoms with Crippen LogP contribution in [0.1, 0.15) is 5.56 Å². The highest BCUT2D eigenvalue weighted by molar-refractivity contribution is 9.10. The van der Waals surface area contributed by atoms with E-state index in [9.17, 15) is 14.4 Å². The molecule has 0 unspecified atom stereocenters. The molecule has 28 heavy (non-hydrogen) atoms. The van der Waals surface area contributed by atoms with Gasteiger partial charge < -0.3 is 9.47 Å². The molecule has 0 bridgehead atoms. The Morgan fingerprint density at radius 2 is 1.68 bits per heavy atom. The van der Waals surface area contributed by atoms with Crippen molar-refractivity contribution in [2.45, 2.75) is 0 Å². The molecule has 2 aromatic rings. The monoisotopic (exact) mass is 508 g/mol. The number of urea groups is 1. The van der Waals surface area contributed by atoms with Crippen molar-refractivity contribution < 1.29 is 23.9 Å². The number of carbonyl (C=O) groups excluding carboxylic acids is 3. The van der Waals surface area contributed by atoms with Gasteiger partial charge in [-0.05, 0) is 64.0 Å². The Bertz CT molecular complexity index is 1000. The molecule has 3 rings (SSSR count). The van der Waals surface area contributed by atoms with Crippen LogP contribution in [0.15, 0.2) is 50.9 Å². The number of rotatable bonds is 4. The molecule has 0 atom stereocenters. The third kappa shape index (κ3) is 3.81. The quantitative estimate of drug-likeness (QED) is 0.499. The highest BCUT2D eigenvalue weighted by Crippen LogP contribution is 2.37. The maximum Gasteiger partial charge on any atom is 0.335 e. The number of benzene rings is 2. The zero-order valence-electron chi connectivity index (χ0n) is 14.8. The van der Waals surface area contributed by atoms with Crippen LogP contribution >= 0.6 is 31.9 Å². The van der Waals surface area contributed by atoms with Crippen LogP contribution in [0.2, 0.25) is 0 Å². The molecule has 0 spiro atoms. The van der Waals surface area contributed by atoms with Crippen LogP contribution < -0.4 is 19.7 Å². The predicted molar refractivity (Wildman–Crippen MR) is 110 cm³/mol. The summed E-state index contributed by atoms with van der Waals surface area (Å²) in [7, 11) is 2.98. The largest absolute Gasteiger partial charge is 0.493 e. The number of anilines is 1. The molecule has 0 aliphatic carbocycles. The van der Waals surface area contributed by atoms with E-state index in [1.54, 1.807) is 36.4 Å². The smallest absolute Gasteiger partial charge is 0.335 e. The minimum Gasteiger partial charge on any atom is -0.493 e. The molecule has 1 aliphatic heterocycles. The Morgan fingerprint density at radius 3 is 2.29 bits per heavy atom. The molecule has 0 radical (unpaired) electrons. The van der Waals surface area contributed by atoms with Crippen molar-refractivity contribution in [3.63, 3.8) is 0 Å². The molecule has 1 heterocycles. The first kappa shape index (κ1) is 20.1. The fourth-order valence-electron chi connectivity index (χ4n) is 2.67. The number of carbonyl (C=O) groups is 3. The fourth-order valence-corrected chi connectivity index (χ4v) is 3.56. The fraction of sp³-hybridized carbons (Fsp3) is 0.105. The second-order valence-corrected chi connectivity index (χ2v) is 7.44. The second kappa shape index (κ2) is 8.15. The Morgan fingerprint density at radius 1 is 1.00 bits per heavy atom. The predicted octanol–water partition coefficient (Wildman–Crippen LogP) is 3.90. The molecule has 1 N–H and O–H groups in total. The number of halogens is 2. The van der Waals surface area contributed by atoms with E-state index < -0.39 is 17.8 Å². The Labute approximate surface area is 177 Å². The van der Waals surface area contributed by atoms with Crippen LogP contribution in [-0.2, 0) is 9.59 Å². The van der Waals surface area contributed by atoms with Gasteiger partial charge in [0.15, 0.2) is 11.5 Å². The van der Waals surface area contributed by atoms with Gasteiger partial charge in [0.1, 0.15) is 5.57 Å². The van der Waals surface area contributed by atoms with E-state index in [-0.39, 0.29) is 5.57 Å². The number of nitrogens with zero attached hydrogens (tertiary/aromatic N) is 1. The van der Waals surface area contributed by atoms with Gasteiger partial charge in [0.05, 0.1) is 24.4 Å². The third-order valence-electron chi connectivity index (χ3n) is 3.95. The van der Waals surface area contributed by atoms with Gasteiger partial charge in [-0.3, -0.25) is 14.9 Å². The van der Waals surface area contributed by atoms with Gasteiger partial charge in [-0.15, -0.1) is 0 Å². The van der Waals surface area contributed by atoms with E-state index >= 15 is 0 Å². The van der Waals surface area contributed by atoms with Crippen molar-refractivity contribution in [2.24, 2.45) is 0 Å². The molecule has 0 aromatic heterocycles. The minimum atomic E-state index is -0.803. The summed E-state index contributed by atoms with van der Waals surface area (Å²) in [5.41, 5.74) is 0.687. The van der Waals surface area contributed by atoms with Crippen LogP contribution in [-0.4, -0.2) is 32.1 Å². The van der Waals surface area contributed by atoms with Gasteiger partial charge in [-0.1, -0.05) is 15.9 Å². The number of nitrogens with one attached hydrogen (secondary N) is 1. The average molecular weight is 510 g/mol. The summed E-state index contributed by atoms with van der Waals surface area (Å²) in [5.74, 6) is -0.583. The number of amides is 4. The zero-order valence-corrected chi connectivity index (χ0v) is 18.0. The lowest BCUT2D eigenvalue weighted by Crippen LogP contribution is -2.54. The lowest BCUT2D eigenvalue weighted by Gasteiger charge is -2.26. The topological polar surface area (TPSA) is 84.9 Å². The summed E-state index contributed by atoms with van der Waals surface area (Å²) in [4.78, 5) is 38.3. The number of barbiturate groups is 1. The SMILES string of the molecule is COc1cc(/C=C2/C(=O)NC(=O)N(c3ccc(Br)cc3)C2=O)cc(Br)c1OC. The third-order valence-corrected chi connectivity index (χ3v) is 5.07. The Balaban J connectivity index is 2.04. The molecular weight excluding hydrogens is 496 g/mol. The van der Waals surface area contributed by atoms with E-state index in [1.807, 2.05) is 0 Å². The van der Waals surface area contributed by atoms with E-state index in [1.165, 1.54) is 20.3 Å². The molecule has 1 aliphatic rings. The van der Waals surface area contributed by atoms with Crippen molar-refractivity contribution in [3.05, 3.63) is 56.5 Å². The van der Waals surface area contributed by atoms with Crippen LogP contribution in [0.25, 0.3) is 6.08 Å². The number of methoxy groups -OCH3 is 2. The van der Waals surface area contributed by atoms with Gasteiger partial charge in [0.25, 0.3) is 11.8 Å². The van der Waals surface area contributed by atoms with Crippen molar-refractivity contribution >= 4 is 61.5 Å². The lowest BCUT2D eigenvalue weighted by molar-refractivity contribution is -0.122. The van der Waals surface area contributed by atoms with Crippen molar-refractivity contribution in [1.82, 2.24) is 5.32 Å². The van der Waals surface area contributed by atoms with Crippen LogP contribution in [0.3, 0.4) is 0 Å². The van der Waals surface area contributed by atoms with Crippen LogP contribution in [0.5, 0.6) is 11.5 Å². The highest BCUT2D eigenvalue weighted by Gasteiger charge is 2.36. The van der Waals surface area contributed by atoms with Gasteiger partial charge in [0.2, 0.25) is 0 Å². The highest BCUT2D eigenvalue weighted by atomic mass is 79.9. The first-order valence-electron chi connectivity index (χ1n) is 7.94. The summed E-state index contributed by atoms with van der Waals surface area (Å²) < 4.78 is 11.9. The molecule has 1 saturated heterocycles. The van der Waals surface area contributed by atoms with Gasteiger partial charge in [-0.25, -0.2) is 9.69 Å². The molecule has 4 amide bonds. The molecule has 7 nitrogen and oxygen atoms in total. The number of hydrogen-bond acceptors (Lipinski definition) is 5. The summed E-state index contributed by atoms with van der Waals surface area (Å²) in [6, 6.07) is 9.09. The zero-order chi connectivity index (χ0) is 20.4. The Kier molecular flexibility index (Phi) is 5.85. The van der Waals surface area contributed by atoms with E-state index in [0.29, 0.717) is 27.2 Å². The van der Waals surface area contributed by atoms with Crippen LogP contribution in [0.4, 0.5) is 10.5 Å². The van der Waals surface area contributed by atoms with Crippen molar-refractivity contribution in [3.8, 4) is 11.5 Å². The van der Waals surface area contributed by atoms with Gasteiger partial charge in [-0.2, -0.15) is 0 Å². The molecule has 1 fully saturated rings.